The quantitative estimate of drug-likeness (QED) is 0.648. The van der Waals surface area contributed by atoms with Gasteiger partial charge in [0.25, 0.3) is 5.91 Å². The van der Waals surface area contributed by atoms with Gasteiger partial charge in [-0.05, 0) is 55.3 Å². The SMILES string of the molecule is CN(C1CCCCC1)S(=O)(=O)c1ccc(C(=O)Nc2ccc3ncsc3c2)cc1. The van der Waals surface area contributed by atoms with E-state index in [9.17, 15) is 13.2 Å². The molecule has 1 aliphatic carbocycles. The standard InChI is InChI=1S/C21H23N3O3S2/c1-24(17-5-3-2-4-6-17)29(26,27)18-10-7-15(8-11-18)21(25)23-16-9-12-19-20(13-16)28-14-22-19/h7-14,17H,2-6H2,1H3,(H,23,25). The molecule has 6 nitrogen and oxygen atoms in total. The van der Waals surface area contributed by atoms with E-state index in [4.69, 9.17) is 0 Å². The van der Waals surface area contributed by atoms with E-state index in [1.54, 1.807) is 30.8 Å². The molecule has 1 aliphatic rings. The largest absolute Gasteiger partial charge is 0.322 e. The number of thiazole rings is 1. The summed E-state index contributed by atoms with van der Waals surface area (Å²) in [5, 5.41) is 2.85. The lowest BCUT2D eigenvalue weighted by Gasteiger charge is -2.30. The Morgan fingerprint density at radius 3 is 2.55 bits per heavy atom. The molecule has 2 aromatic carbocycles. The Labute approximate surface area is 174 Å². The van der Waals surface area contributed by atoms with Crippen LogP contribution in [-0.2, 0) is 10.0 Å². The summed E-state index contributed by atoms with van der Waals surface area (Å²) in [4.78, 5) is 17.0. The van der Waals surface area contributed by atoms with Gasteiger partial charge in [0.05, 0.1) is 20.6 Å². The Balaban J connectivity index is 1.48. The van der Waals surface area contributed by atoms with E-state index < -0.39 is 10.0 Å². The Hall–Kier alpha value is -2.29. The number of aromatic nitrogens is 1. The minimum Gasteiger partial charge on any atom is -0.322 e. The maximum absolute atomic E-state index is 12.9. The second-order valence-electron chi connectivity index (χ2n) is 7.33. The Morgan fingerprint density at radius 1 is 1.10 bits per heavy atom. The molecule has 0 unspecified atom stereocenters. The topological polar surface area (TPSA) is 79.4 Å². The molecule has 0 bridgehead atoms. The number of nitrogens with zero attached hydrogens (tertiary/aromatic N) is 2. The molecule has 0 radical (unpaired) electrons. The molecule has 0 saturated heterocycles. The van der Waals surface area contributed by atoms with Gasteiger partial charge in [-0.15, -0.1) is 11.3 Å². The number of sulfonamides is 1. The molecule has 0 aliphatic heterocycles. The van der Waals surface area contributed by atoms with Gasteiger partial charge >= 0.3 is 0 Å². The minimum atomic E-state index is -3.56. The first-order chi connectivity index (χ1) is 13.9. The molecule has 29 heavy (non-hydrogen) atoms. The van der Waals surface area contributed by atoms with Crippen LogP contribution in [-0.4, -0.2) is 36.7 Å². The van der Waals surface area contributed by atoms with Crippen molar-refractivity contribution in [1.82, 2.24) is 9.29 Å². The lowest BCUT2D eigenvalue weighted by atomic mass is 9.96. The van der Waals surface area contributed by atoms with Crippen molar-refractivity contribution >= 4 is 43.2 Å². The van der Waals surface area contributed by atoms with Crippen LogP contribution in [0, 0.1) is 0 Å². The van der Waals surface area contributed by atoms with E-state index in [0.29, 0.717) is 11.3 Å². The summed E-state index contributed by atoms with van der Waals surface area (Å²) >= 11 is 1.51. The van der Waals surface area contributed by atoms with E-state index in [1.165, 1.54) is 34.2 Å². The summed E-state index contributed by atoms with van der Waals surface area (Å²) in [6, 6.07) is 11.7. The van der Waals surface area contributed by atoms with E-state index in [0.717, 1.165) is 35.9 Å². The van der Waals surface area contributed by atoms with Crippen LogP contribution >= 0.6 is 11.3 Å². The molecule has 8 heteroatoms. The molecule has 1 amide bonds. The Kier molecular flexibility index (Phi) is 5.67. The van der Waals surface area contributed by atoms with Crippen LogP contribution < -0.4 is 5.32 Å². The first-order valence-corrected chi connectivity index (χ1v) is 12.0. The lowest BCUT2D eigenvalue weighted by molar-refractivity contribution is 0.102. The molecule has 1 aromatic heterocycles. The van der Waals surface area contributed by atoms with Crippen molar-refractivity contribution in [2.24, 2.45) is 0 Å². The second-order valence-corrected chi connectivity index (χ2v) is 10.2. The van der Waals surface area contributed by atoms with Gasteiger partial charge in [-0.3, -0.25) is 4.79 Å². The number of anilines is 1. The number of hydrogen-bond donors (Lipinski definition) is 1. The lowest BCUT2D eigenvalue weighted by Crippen LogP contribution is -2.38. The van der Waals surface area contributed by atoms with Crippen LogP contribution in [0.3, 0.4) is 0 Å². The molecular formula is C21H23N3O3S2. The molecule has 1 heterocycles. The smallest absolute Gasteiger partial charge is 0.255 e. The van der Waals surface area contributed by atoms with Crippen molar-refractivity contribution in [1.29, 1.82) is 0 Å². The number of fused-ring (bicyclic) bond motifs is 1. The number of carbonyl (C=O) groups is 1. The summed E-state index contributed by atoms with van der Waals surface area (Å²) in [7, 11) is -1.91. The van der Waals surface area contributed by atoms with Crippen molar-refractivity contribution < 1.29 is 13.2 Å². The summed E-state index contributed by atoms with van der Waals surface area (Å²) in [6.45, 7) is 0. The summed E-state index contributed by atoms with van der Waals surface area (Å²) < 4.78 is 28.3. The highest BCUT2D eigenvalue weighted by Gasteiger charge is 2.29. The molecular weight excluding hydrogens is 406 g/mol. The predicted octanol–water partition coefficient (Wildman–Crippen LogP) is 4.50. The highest BCUT2D eigenvalue weighted by atomic mass is 32.2. The van der Waals surface area contributed by atoms with Gasteiger partial charge in [0.2, 0.25) is 10.0 Å². The van der Waals surface area contributed by atoms with Crippen molar-refractivity contribution in [2.75, 3.05) is 12.4 Å². The normalized spacial score (nSPS) is 15.7. The fourth-order valence-electron chi connectivity index (χ4n) is 3.72. The van der Waals surface area contributed by atoms with Crippen LogP contribution in [0.15, 0.2) is 52.9 Å². The fraction of sp³-hybridized carbons (Fsp3) is 0.333. The van der Waals surface area contributed by atoms with Gasteiger partial charge in [0.1, 0.15) is 0 Å². The van der Waals surface area contributed by atoms with Crippen molar-refractivity contribution in [2.45, 2.75) is 43.0 Å². The molecule has 1 saturated carbocycles. The van der Waals surface area contributed by atoms with Gasteiger partial charge in [-0.25, -0.2) is 13.4 Å². The van der Waals surface area contributed by atoms with E-state index in [-0.39, 0.29) is 16.8 Å². The van der Waals surface area contributed by atoms with Crippen LogP contribution in [0.25, 0.3) is 10.2 Å². The van der Waals surface area contributed by atoms with Gasteiger partial charge < -0.3 is 5.32 Å². The predicted molar refractivity (Wildman–Crippen MR) is 116 cm³/mol. The zero-order valence-corrected chi connectivity index (χ0v) is 17.8. The number of nitrogens with one attached hydrogen (secondary N) is 1. The van der Waals surface area contributed by atoms with Crippen LogP contribution in [0.1, 0.15) is 42.5 Å². The number of amides is 1. The van der Waals surface area contributed by atoms with E-state index in [1.807, 2.05) is 12.1 Å². The minimum absolute atomic E-state index is 0.0541. The van der Waals surface area contributed by atoms with Gasteiger partial charge in [-0.1, -0.05) is 19.3 Å². The van der Waals surface area contributed by atoms with Gasteiger partial charge in [-0.2, -0.15) is 4.31 Å². The molecule has 0 spiro atoms. The van der Waals surface area contributed by atoms with Crippen molar-refractivity contribution in [3.05, 3.63) is 53.5 Å². The Bertz CT molecular complexity index is 1120. The third-order valence-corrected chi connectivity index (χ3v) is 8.19. The molecule has 1 N–H and O–H groups in total. The first-order valence-electron chi connectivity index (χ1n) is 9.68. The van der Waals surface area contributed by atoms with Crippen LogP contribution in [0.4, 0.5) is 5.69 Å². The third kappa shape index (κ3) is 4.19. The number of carbonyl (C=O) groups excluding carboxylic acids is 1. The van der Waals surface area contributed by atoms with Crippen molar-refractivity contribution in [3.63, 3.8) is 0 Å². The average molecular weight is 430 g/mol. The zero-order valence-electron chi connectivity index (χ0n) is 16.2. The monoisotopic (exact) mass is 429 g/mol. The maximum Gasteiger partial charge on any atom is 0.255 e. The van der Waals surface area contributed by atoms with Crippen molar-refractivity contribution in [3.8, 4) is 0 Å². The highest BCUT2D eigenvalue weighted by molar-refractivity contribution is 7.89. The van der Waals surface area contributed by atoms with E-state index >= 15 is 0 Å². The molecule has 3 aromatic rings. The maximum atomic E-state index is 12.9. The zero-order chi connectivity index (χ0) is 20.4. The number of hydrogen-bond acceptors (Lipinski definition) is 5. The summed E-state index contributed by atoms with van der Waals surface area (Å²) in [5.74, 6) is -0.279. The van der Waals surface area contributed by atoms with Crippen LogP contribution in [0.2, 0.25) is 0 Å². The number of rotatable bonds is 5. The number of benzene rings is 2. The second kappa shape index (κ2) is 8.22. The Morgan fingerprint density at radius 2 is 1.83 bits per heavy atom. The van der Waals surface area contributed by atoms with E-state index in [2.05, 4.69) is 10.3 Å². The molecule has 0 atom stereocenters. The third-order valence-electron chi connectivity index (χ3n) is 5.47. The summed E-state index contributed by atoms with van der Waals surface area (Å²) in [5.41, 5.74) is 3.75. The van der Waals surface area contributed by atoms with Gasteiger partial charge in [0, 0.05) is 24.3 Å². The summed E-state index contributed by atoms with van der Waals surface area (Å²) in [6.07, 6.45) is 5.11. The van der Waals surface area contributed by atoms with Gasteiger partial charge in [0.15, 0.2) is 0 Å². The fourth-order valence-corrected chi connectivity index (χ4v) is 5.85. The highest BCUT2D eigenvalue weighted by Crippen LogP contribution is 2.27. The average Bonchev–Trinajstić information content (AvgIpc) is 3.22. The molecule has 152 valence electrons. The first kappa shape index (κ1) is 20.0. The molecule has 1 fully saturated rings. The molecule has 4 rings (SSSR count). The van der Waals surface area contributed by atoms with Crippen LogP contribution in [0.5, 0.6) is 0 Å².